The zero-order valence-corrected chi connectivity index (χ0v) is 12.7. The summed E-state index contributed by atoms with van der Waals surface area (Å²) in [6.45, 7) is 2.44. The molecule has 0 amide bonds. The van der Waals surface area contributed by atoms with Crippen molar-refractivity contribution in [1.29, 1.82) is 0 Å². The molecule has 3 nitrogen and oxygen atoms in total. The van der Waals surface area contributed by atoms with Gasteiger partial charge < -0.3 is 0 Å². The first-order valence-corrected chi connectivity index (χ1v) is 8.37. The summed E-state index contributed by atoms with van der Waals surface area (Å²) < 4.78 is 26.1. The van der Waals surface area contributed by atoms with E-state index in [0.29, 0.717) is 11.4 Å². The Hall–Kier alpha value is -1.17. The summed E-state index contributed by atoms with van der Waals surface area (Å²) in [4.78, 5) is 1.55. The number of aryl methyl sites for hydroxylation is 1. The van der Waals surface area contributed by atoms with Crippen molar-refractivity contribution in [3.8, 4) is 0 Å². The van der Waals surface area contributed by atoms with Crippen molar-refractivity contribution in [1.82, 2.24) is 4.31 Å². The quantitative estimate of drug-likeness (QED) is 0.850. The van der Waals surface area contributed by atoms with Gasteiger partial charge in [0.1, 0.15) is 0 Å². The minimum atomic E-state index is -3.37. The van der Waals surface area contributed by atoms with E-state index in [0.717, 1.165) is 12.0 Å². The Balaban J connectivity index is 2.08. The molecule has 2 aromatic rings. The van der Waals surface area contributed by atoms with Gasteiger partial charge in [0.2, 0.25) is 10.0 Å². The van der Waals surface area contributed by atoms with Crippen LogP contribution in [0.1, 0.15) is 10.4 Å². The standard InChI is InChI=1S/C14H17NO2S2/c1-12-5-7-14(8-6-12)19(16,17)15(2)10-9-13-4-3-11-18-13/h3-8,11H,9-10H2,1-2H3. The molecule has 0 N–H and O–H groups in total. The van der Waals surface area contributed by atoms with Gasteiger partial charge in [-0.15, -0.1) is 11.3 Å². The van der Waals surface area contributed by atoms with E-state index in [1.54, 1.807) is 30.5 Å². The van der Waals surface area contributed by atoms with E-state index in [2.05, 4.69) is 0 Å². The van der Waals surface area contributed by atoms with Crippen LogP contribution < -0.4 is 0 Å². The number of thiophene rings is 1. The Labute approximate surface area is 118 Å². The molecule has 5 heteroatoms. The fourth-order valence-corrected chi connectivity index (χ4v) is 3.60. The molecule has 0 unspecified atom stereocenters. The Morgan fingerprint density at radius 1 is 1.16 bits per heavy atom. The molecule has 0 radical (unpaired) electrons. The third-order valence-corrected chi connectivity index (χ3v) is 5.79. The van der Waals surface area contributed by atoms with E-state index in [1.807, 2.05) is 36.6 Å². The van der Waals surface area contributed by atoms with Crippen molar-refractivity contribution < 1.29 is 8.42 Å². The van der Waals surface area contributed by atoms with Gasteiger partial charge in [0.05, 0.1) is 4.90 Å². The second-order valence-corrected chi connectivity index (χ2v) is 7.55. The molecule has 1 aromatic heterocycles. The highest BCUT2D eigenvalue weighted by molar-refractivity contribution is 7.89. The molecule has 19 heavy (non-hydrogen) atoms. The Morgan fingerprint density at radius 3 is 2.42 bits per heavy atom. The van der Waals surface area contributed by atoms with Crippen molar-refractivity contribution in [3.63, 3.8) is 0 Å². The average Bonchev–Trinajstić information content (AvgIpc) is 2.89. The molecule has 0 aliphatic rings. The van der Waals surface area contributed by atoms with E-state index >= 15 is 0 Å². The Bertz CT molecular complexity index is 616. The summed E-state index contributed by atoms with van der Waals surface area (Å²) in [6.07, 6.45) is 0.749. The second kappa shape index (κ2) is 5.86. The van der Waals surface area contributed by atoms with Crippen molar-refractivity contribution in [3.05, 3.63) is 52.2 Å². The maximum absolute atomic E-state index is 12.3. The van der Waals surface area contributed by atoms with Crippen LogP contribution in [0.5, 0.6) is 0 Å². The van der Waals surface area contributed by atoms with Gasteiger partial charge >= 0.3 is 0 Å². The molecule has 1 aromatic carbocycles. The lowest BCUT2D eigenvalue weighted by molar-refractivity contribution is 0.473. The van der Waals surface area contributed by atoms with Gasteiger partial charge in [0.25, 0.3) is 0 Å². The molecule has 102 valence electrons. The van der Waals surface area contributed by atoms with E-state index in [1.165, 1.54) is 9.18 Å². The van der Waals surface area contributed by atoms with Crippen LogP contribution in [0.15, 0.2) is 46.7 Å². The molecular weight excluding hydrogens is 278 g/mol. The van der Waals surface area contributed by atoms with Gasteiger partial charge in [0.15, 0.2) is 0 Å². The highest BCUT2D eigenvalue weighted by Gasteiger charge is 2.20. The van der Waals surface area contributed by atoms with E-state index in [4.69, 9.17) is 0 Å². The first kappa shape index (κ1) is 14.2. The molecule has 0 saturated heterocycles. The van der Waals surface area contributed by atoms with E-state index in [9.17, 15) is 8.42 Å². The predicted molar refractivity (Wildman–Crippen MR) is 79.0 cm³/mol. The summed E-state index contributed by atoms with van der Waals surface area (Å²) >= 11 is 1.65. The van der Waals surface area contributed by atoms with Crippen molar-refractivity contribution in [2.45, 2.75) is 18.2 Å². The van der Waals surface area contributed by atoms with Gasteiger partial charge in [-0.05, 0) is 36.9 Å². The van der Waals surface area contributed by atoms with Crippen LogP contribution in [-0.2, 0) is 16.4 Å². The van der Waals surface area contributed by atoms with E-state index < -0.39 is 10.0 Å². The number of likely N-dealkylation sites (N-methyl/N-ethyl adjacent to an activating group) is 1. The molecular formula is C14H17NO2S2. The lowest BCUT2D eigenvalue weighted by atomic mass is 10.2. The number of nitrogens with zero attached hydrogens (tertiary/aromatic N) is 1. The Kier molecular flexibility index (Phi) is 4.39. The summed E-state index contributed by atoms with van der Waals surface area (Å²) in [5.41, 5.74) is 1.06. The van der Waals surface area contributed by atoms with Gasteiger partial charge in [-0.25, -0.2) is 12.7 Å². The summed E-state index contributed by atoms with van der Waals surface area (Å²) in [5, 5.41) is 2.00. The lowest BCUT2D eigenvalue weighted by Gasteiger charge is -2.16. The van der Waals surface area contributed by atoms with Crippen LogP contribution in [0.3, 0.4) is 0 Å². The molecule has 0 aliphatic heterocycles. The van der Waals surface area contributed by atoms with Gasteiger partial charge in [0, 0.05) is 18.5 Å². The minimum Gasteiger partial charge on any atom is -0.207 e. The lowest BCUT2D eigenvalue weighted by Crippen LogP contribution is -2.28. The number of rotatable bonds is 5. The number of benzene rings is 1. The normalized spacial score (nSPS) is 11.9. The van der Waals surface area contributed by atoms with Crippen LogP contribution in [-0.4, -0.2) is 26.3 Å². The van der Waals surface area contributed by atoms with Gasteiger partial charge in [-0.1, -0.05) is 23.8 Å². The molecule has 0 atom stereocenters. The average molecular weight is 295 g/mol. The molecule has 1 heterocycles. The maximum atomic E-state index is 12.3. The first-order valence-electron chi connectivity index (χ1n) is 6.05. The van der Waals surface area contributed by atoms with Crippen molar-refractivity contribution in [2.75, 3.05) is 13.6 Å². The van der Waals surface area contributed by atoms with Crippen LogP contribution in [0, 0.1) is 6.92 Å². The molecule has 2 rings (SSSR count). The predicted octanol–water partition coefficient (Wildman–Crippen LogP) is 2.92. The fourth-order valence-electron chi connectivity index (χ4n) is 1.73. The number of sulfonamides is 1. The molecule has 0 fully saturated rings. The fraction of sp³-hybridized carbons (Fsp3) is 0.286. The summed E-state index contributed by atoms with van der Waals surface area (Å²) in [7, 11) is -1.74. The Morgan fingerprint density at radius 2 is 1.84 bits per heavy atom. The third-order valence-electron chi connectivity index (χ3n) is 2.98. The van der Waals surface area contributed by atoms with Crippen molar-refractivity contribution >= 4 is 21.4 Å². The zero-order valence-electron chi connectivity index (χ0n) is 11.0. The highest BCUT2D eigenvalue weighted by Crippen LogP contribution is 2.16. The molecule has 0 saturated carbocycles. The third kappa shape index (κ3) is 3.43. The number of hydrogen-bond donors (Lipinski definition) is 0. The summed E-state index contributed by atoms with van der Waals surface area (Å²) in [5.74, 6) is 0. The molecule has 0 aliphatic carbocycles. The maximum Gasteiger partial charge on any atom is 0.242 e. The van der Waals surface area contributed by atoms with Crippen LogP contribution in [0.25, 0.3) is 0 Å². The minimum absolute atomic E-state index is 0.353. The molecule has 0 spiro atoms. The largest absolute Gasteiger partial charge is 0.242 e. The number of hydrogen-bond acceptors (Lipinski definition) is 3. The molecule has 0 bridgehead atoms. The smallest absolute Gasteiger partial charge is 0.207 e. The van der Waals surface area contributed by atoms with Crippen LogP contribution in [0.2, 0.25) is 0 Å². The van der Waals surface area contributed by atoms with Crippen molar-refractivity contribution in [2.24, 2.45) is 0 Å². The zero-order chi connectivity index (χ0) is 13.9. The first-order chi connectivity index (χ1) is 9.00. The second-order valence-electron chi connectivity index (χ2n) is 4.47. The SMILES string of the molecule is Cc1ccc(S(=O)(=O)N(C)CCc2cccs2)cc1. The topological polar surface area (TPSA) is 37.4 Å². The monoisotopic (exact) mass is 295 g/mol. The van der Waals surface area contributed by atoms with Crippen LogP contribution in [0.4, 0.5) is 0 Å². The van der Waals surface area contributed by atoms with E-state index in [-0.39, 0.29) is 0 Å². The van der Waals surface area contributed by atoms with Gasteiger partial charge in [-0.2, -0.15) is 0 Å². The summed E-state index contributed by atoms with van der Waals surface area (Å²) in [6, 6.07) is 11.0. The van der Waals surface area contributed by atoms with Gasteiger partial charge in [-0.3, -0.25) is 0 Å². The van der Waals surface area contributed by atoms with Crippen LogP contribution >= 0.6 is 11.3 Å². The highest BCUT2D eigenvalue weighted by atomic mass is 32.2.